The first-order chi connectivity index (χ1) is 9.24. The molecule has 19 heavy (non-hydrogen) atoms. The normalized spacial score (nSPS) is 10.5. The lowest BCUT2D eigenvalue weighted by molar-refractivity contribution is 1.12. The van der Waals surface area contributed by atoms with Crippen LogP contribution in [0.2, 0.25) is 5.15 Å². The van der Waals surface area contributed by atoms with Crippen LogP contribution in [-0.2, 0) is 0 Å². The summed E-state index contributed by atoms with van der Waals surface area (Å²) in [5.74, 6) is 0. The summed E-state index contributed by atoms with van der Waals surface area (Å²) >= 11 is 6.33. The van der Waals surface area contributed by atoms with Gasteiger partial charge in [-0.25, -0.2) is 0 Å². The van der Waals surface area contributed by atoms with Gasteiger partial charge in [0.25, 0.3) is 0 Å². The highest BCUT2D eigenvalue weighted by molar-refractivity contribution is 6.34. The molecule has 3 aromatic rings. The third-order valence-corrected chi connectivity index (χ3v) is 3.49. The molecule has 0 aliphatic rings. The molecular formula is C15H10ClN3. The predicted octanol–water partition coefficient (Wildman–Crippen LogP) is 3.74. The van der Waals surface area contributed by atoms with Gasteiger partial charge < -0.3 is 5.73 Å². The Morgan fingerprint density at radius 1 is 1.05 bits per heavy atom. The second kappa shape index (κ2) is 4.34. The second-order valence-electron chi connectivity index (χ2n) is 4.19. The van der Waals surface area contributed by atoms with Gasteiger partial charge in [-0.05, 0) is 18.2 Å². The van der Waals surface area contributed by atoms with Gasteiger partial charge in [-0.1, -0.05) is 41.9 Å². The van der Waals surface area contributed by atoms with Crippen LogP contribution >= 0.6 is 11.6 Å². The smallest absolute Gasteiger partial charge is 0.137 e. The average Bonchev–Trinajstić information content (AvgIpc) is 2.71. The van der Waals surface area contributed by atoms with Crippen molar-refractivity contribution in [3.63, 3.8) is 0 Å². The lowest BCUT2D eigenvalue weighted by atomic mass is 10.2. The molecule has 0 fully saturated rings. The Bertz CT molecular complexity index is 812. The summed E-state index contributed by atoms with van der Waals surface area (Å²) in [5, 5.41) is 10.5. The van der Waals surface area contributed by atoms with Gasteiger partial charge in [0.15, 0.2) is 0 Å². The minimum atomic E-state index is 0.434. The van der Waals surface area contributed by atoms with Crippen molar-refractivity contribution in [2.45, 2.75) is 0 Å². The molecular weight excluding hydrogens is 258 g/mol. The van der Waals surface area contributed by atoms with E-state index in [-0.39, 0.29) is 0 Å². The zero-order valence-electron chi connectivity index (χ0n) is 9.97. The maximum atomic E-state index is 9.21. The Kier molecular flexibility index (Phi) is 2.66. The first-order valence-electron chi connectivity index (χ1n) is 5.78. The molecule has 0 radical (unpaired) electrons. The Balaban J connectivity index is 2.44. The molecule has 0 spiro atoms. The van der Waals surface area contributed by atoms with E-state index in [1.54, 1.807) is 6.07 Å². The molecule has 0 aliphatic heterocycles. The molecule has 0 bridgehead atoms. The number of anilines is 1. The first-order valence-corrected chi connectivity index (χ1v) is 6.15. The summed E-state index contributed by atoms with van der Waals surface area (Å²) in [6.45, 7) is 0. The molecule has 0 atom stereocenters. The minimum absolute atomic E-state index is 0.434. The number of rotatable bonds is 1. The number of nitriles is 1. The molecule has 0 saturated heterocycles. The van der Waals surface area contributed by atoms with Gasteiger partial charge in [-0.15, -0.1) is 0 Å². The molecule has 92 valence electrons. The van der Waals surface area contributed by atoms with Crippen LogP contribution in [0.15, 0.2) is 48.5 Å². The van der Waals surface area contributed by atoms with E-state index in [0.29, 0.717) is 16.4 Å². The summed E-state index contributed by atoms with van der Waals surface area (Å²) in [5.41, 5.74) is 8.76. The van der Waals surface area contributed by atoms with Gasteiger partial charge in [0.2, 0.25) is 0 Å². The van der Waals surface area contributed by atoms with Crippen LogP contribution in [-0.4, -0.2) is 4.57 Å². The van der Waals surface area contributed by atoms with E-state index in [4.69, 9.17) is 17.3 Å². The molecule has 3 nitrogen and oxygen atoms in total. The van der Waals surface area contributed by atoms with Crippen LogP contribution in [0, 0.1) is 11.3 Å². The number of nitrogens with two attached hydrogens (primary N) is 1. The van der Waals surface area contributed by atoms with Crippen molar-refractivity contribution in [2.75, 3.05) is 5.73 Å². The zero-order valence-corrected chi connectivity index (χ0v) is 10.7. The molecule has 0 unspecified atom stereocenters. The van der Waals surface area contributed by atoms with E-state index in [1.807, 2.05) is 47.0 Å². The van der Waals surface area contributed by atoms with Crippen molar-refractivity contribution in [3.05, 3.63) is 59.2 Å². The van der Waals surface area contributed by atoms with E-state index < -0.39 is 0 Å². The van der Waals surface area contributed by atoms with E-state index >= 15 is 0 Å². The molecule has 2 N–H and O–H groups in total. The topological polar surface area (TPSA) is 54.7 Å². The number of benzene rings is 2. The van der Waals surface area contributed by atoms with E-state index in [1.165, 1.54) is 0 Å². The summed E-state index contributed by atoms with van der Waals surface area (Å²) < 4.78 is 1.81. The first kappa shape index (κ1) is 11.6. The second-order valence-corrected chi connectivity index (χ2v) is 4.54. The fourth-order valence-corrected chi connectivity index (χ4v) is 2.52. The van der Waals surface area contributed by atoms with Gasteiger partial charge in [0.05, 0.1) is 22.5 Å². The fourth-order valence-electron chi connectivity index (χ4n) is 2.23. The maximum Gasteiger partial charge on any atom is 0.137 e. The predicted molar refractivity (Wildman–Crippen MR) is 77.4 cm³/mol. The molecule has 4 heteroatoms. The van der Waals surface area contributed by atoms with Crippen molar-refractivity contribution in [1.29, 1.82) is 5.26 Å². The largest absolute Gasteiger partial charge is 0.396 e. The fraction of sp³-hybridized carbons (Fsp3) is 0. The van der Waals surface area contributed by atoms with Crippen molar-refractivity contribution < 1.29 is 0 Å². The SMILES string of the molecule is N#Cc1ccccc1-n1c(Cl)c(N)c2ccccc21. The van der Waals surface area contributed by atoms with Gasteiger partial charge in [0.1, 0.15) is 11.2 Å². The maximum absolute atomic E-state index is 9.21. The van der Waals surface area contributed by atoms with Gasteiger partial charge in [0, 0.05) is 5.39 Å². The van der Waals surface area contributed by atoms with Gasteiger partial charge in [-0.2, -0.15) is 5.26 Å². The van der Waals surface area contributed by atoms with Crippen LogP contribution in [0.3, 0.4) is 0 Å². The molecule has 0 saturated carbocycles. The van der Waals surface area contributed by atoms with Gasteiger partial charge in [-0.3, -0.25) is 4.57 Å². The van der Waals surface area contributed by atoms with Gasteiger partial charge >= 0.3 is 0 Å². The molecule has 1 heterocycles. The number of hydrogen-bond acceptors (Lipinski definition) is 2. The quantitative estimate of drug-likeness (QED) is 0.730. The third kappa shape index (κ3) is 1.66. The highest BCUT2D eigenvalue weighted by atomic mass is 35.5. The number of fused-ring (bicyclic) bond motifs is 1. The van der Waals surface area contributed by atoms with E-state index in [2.05, 4.69) is 6.07 Å². The lowest BCUT2D eigenvalue weighted by Gasteiger charge is -2.08. The number of halogens is 1. The number of hydrogen-bond donors (Lipinski definition) is 1. The molecule has 0 aliphatic carbocycles. The number of para-hydroxylation sites is 2. The Labute approximate surface area is 115 Å². The lowest BCUT2D eigenvalue weighted by Crippen LogP contribution is -1.97. The molecule has 3 rings (SSSR count). The van der Waals surface area contributed by atoms with Crippen LogP contribution < -0.4 is 5.73 Å². The monoisotopic (exact) mass is 267 g/mol. The summed E-state index contributed by atoms with van der Waals surface area (Å²) in [6, 6.07) is 17.2. The average molecular weight is 268 g/mol. The number of nitrogen functional groups attached to an aromatic ring is 1. The molecule has 2 aromatic carbocycles. The Morgan fingerprint density at radius 3 is 2.53 bits per heavy atom. The van der Waals surface area contributed by atoms with Crippen LogP contribution in [0.25, 0.3) is 16.6 Å². The highest BCUT2D eigenvalue weighted by Gasteiger charge is 2.15. The molecule has 1 aromatic heterocycles. The van der Waals surface area contributed by atoms with Crippen molar-refractivity contribution in [3.8, 4) is 11.8 Å². The molecule has 0 amide bonds. The number of aromatic nitrogens is 1. The zero-order chi connectivity index (χ0) is 13.4. The Morgan fingerprint density at radius 2 is 1.74 bits per heavy atom. The highest BCUT2D eigenvalue weighted by Crippen LogP contribution is 2.35. The van der Waals surface area contributed by atoms with Crippen molar-refractivity contribution >= 4 is 28.2 Å². The summed E-state index contributed by atoms with van der Waals surface area (Å²) in [6.07, 6.45) is 0. The third-order valence-electron chi connectivity index (χ3n) is 3.12. The Hall–Kier alpha value is -2.44. The standard InChI is InChI=1S/C15H10ClN3/c16-15-14(18)11-6-2-4-8-13(11)19(15)12-7-3-1-5-10(12)9-17/h1-8H,18H2. The van der Waals surface area contributed by atoms with Crippen LogP contribution in [0.5, 0.6) is 0 Å². The van der Waals surface area contributed by atoms with Crippen LogP contribution in [0.4, 0.5) is 5.69 Å². The van der Waals surface area contributed by atoms with Crippen molar-refractivity contribution in [2.24, 2.45) is 0 Å². The van der Waals surface area contributed by atoms with E-state index in [9.17, 15) is 5.26 Å². The van der Waals surface area contributed by atoms with E-state index in [0.717, 1.165) is 16.6 Å². The van der Waals surface area contributed by atoms with Crippen molar-refractivity contribution in [1.82, 2.24) is 4.57 Å². The minimum Gasteiger partial charge on any atom is -0.396 e. The number of nitrogens with zero attached hydrogens (tertiary/aromatic N) is 2. The summed E-state index contributed by atoms with van der Waals surface area (Å²) in [7, 11) is 0. The summed E-state index contributed by atoms with van der Waals surface area (Å²) in [4.78, 5) is 0. The van der Waals surface area contributed by atoms with Crippen LogP contribution in [0.1, 0.15) is 5.56 Å².